The maximum atomic E-state index is 14.6. The van der Waals surface area contributed by atoms with E-state index in [1.165, 1.54) is 4.90 Å². The zero-order valence-corrected chi connectivity index (χ0v) is 13.9. The molecule has 0 saturated carbocycles. The molecule has 0 aliphatic heterocycles. The van der Waals surface area contributed by atoms with Crippen molar-refractivity contribution in [2.75, 3.05) is 12.8 Å². The van der Waals surface area contributed by atoms with Gasteiger partial charge in [0, 0.05) is 10.5 Å². The summed E-state index contributed by atoms with van der Waals surface area (Å²) in [6, 6.07) is 11.8. The highest BCUT2D eigenvalue weighted by Crippen LogP contribution is 2.33. The fourth-order valence-electron chi connectivity index (χ4n) is 2.77. The van der Waals surface area contributed by atoms with Crippen molar-refractivity contribution in [3.63, 3.8) is 0 Å². The molecule has 0 heterocycles. The number of rotatable bonds is 5. The Kier molecular flexibility index (Phi) is 5.43. The standard InChI is InChI=1S/C18H22FNS/c1-5-20-18(14-8-6-7-9-16(14)21-4)17-13(3)10-12(2)11-15(17)19/h6-11,18,20H,5H2,1-4H3. The van der Waals surface area contributed by atoms with Crippen LogP contribution >= 0.6 is 11.8 Å². The average molecular weight is 303 g/mol. The van der Waals surface area contributed by atoms with Crippen LogP contribution in [-0.2, 0) is 0 Å². The zero-order chi connectivity index (χ0) is 15.4. The Bertz CT molecular complexity index is 601. The molecule has 0 fully saturated rings. The summed E-state index contributed by atoms with van der Waals surface area (Å²) in [4.78, 5) is 1.18. The maximum Gasteiger partial charge on any atom is 0.128 e. The summed E-state index contributed by atoms with van der Waals surface area (Å²) in [6.45, 7) is 6.76. The first kappa shape index (κ1) is 16.1. The van der Waals surface area contributed by atoms with Crippen LogP contribution in [0.25, 0.3) is 0 Å². The van der Waals surface area contributed by atoms with E-state index in [-0.39, 0.29) is 11.9 Å². The van der Waals surface area contributed by atoms with Crippen molar-refractivity contribution in [3.05, 3.63) is 64.5 Å². The largest absolute Gasteiger partial charge is 0.306 e. The van der Waals surface area contributed by atoms with E-state index in [2.05, 4.69) is 30.6 Å². The van der Waals surface area contributed by atoms with Gasteiger partial charge in [0.15, 0.2) is 0 Å². The molecule has 2 aromatic carbocycles. The van der Waals surface area contributed by atoms with Gasteiger partial charge >= 0.3 is 0 Å². The monoisotopic (exact) mass is 303 g/mol. The molecule has 1 nitrogen and oxygen atoms in total. The molecular weight excluding hydrogens is 281 g/mol. The van der Waals surface area contributed by atoms with Crippen molar-refractivity contribution in [1.29, 1.82) is 0 Å². The molecule has 0 spiro atoms. The predicted molar refractivity (Wildman–Crippen MR) is 89.6 cm³/mol. The van der Waals surface area contributed by atoms with Gasteiger partial charge in [-0.3, -0.25) is 0 Å². The van der Waals surface area contributed by atoms with Gasteiger partial charge in [-0.1, -0.05) is 31.2 Å². The fourth-order valence-corrected chi connectivity index (χ4v) is 3.41. The lowest BCUT2D eigenvalue weighted by Crippen LogP contribution is -2.24. The average Bonchev–Trinajstić information content (AvgIpc) is 2.45. The van der Waals surface area contributed by atoms with Gasteiger partial charge < -0.3 is 5.32 Å². The third-order valence-electron chi connectivity index (χ3n) is 3.63. The van der Waals surface area contributed by atoms with Gasteiger partial charge in [-0.05, 0) is 55.5 Å². The number of halogens is 1. The minimum absolute atomic E-state index is 0.112. The molecule has 1 atom stereocenters. The van der Waals surface area contributed by atoms with E-state index in [4.69, 9.17) is 0 Å². The molecule has 0 aromatic heterocycles. The van der Waals surface area contributed by atoms with Gasteiger partial charge in [-0.25, -0.2) is 4.39 Å². The van der Waals surface area contributed by atoms with Crippen molar-refractivity contribution in [1.82, 2.24) is 5.32 Å². The van der Waals surface area contributed by atoms with Crippen LogP contribution in [-0.4, -0.2) is 12.8 Å². The lowest BCUT2D eigenvalue weighted by Gasteiger charge is -2.24. The number of benzene rings is 2. The number of aryl methyl sites for hydroxylation is 2. The Morgan fingerprint density at radius 1 is 1.19 bits per heavy atom. The summed E-state index contributed by atoms with van der Waals surface area (Å²) in [5, 5.41) is 3.44. The van der Waals surface area contributed by atoms with E-state index >= 15 is 0 Å². The Morgan fingerprint density at radius 2 is 1.90 bits per heavy atom. The first-order valence-electron chi connectivity index (χ1n) is 7.21. The molecule has 2 rings (SSSR count). The van der Waals surface area contributed by atoms with Gasteiger partial charge in [0.25, 0.3) is 0 Å². The molecule has 1 unspecified atom stereocenters. The lowest BCUT2D eigenvalue weighted by molar-refractivity contribution is 0.551. The number of hydrogen-bond donors (Lipinski definition) is 1. The van der Waals surface area contributed by atoms with E-state index in [9.17, 15) is 4.39 Å². The number of hydrogen-bond acceptors (Lipinski definition) is 2. The molecule has 21 heavy (non-hydrogen) atoms. The summed E-state index contributed by atoms with van der Waals surface area (Å²) in [7, 11) is 0. The molecule has 0 bridgehead atoms. The van der Waals surface area contributed by atoms with E-state index in [1.807, 2.05) is 32.0 Å². The topological polar surface area (TPSA) is 12.0 Å². The Labute approximate surface area is 131 Å². The minimum Gasteiger partial charge on any atom is -0.306 e. The third-order valence-corrected chi connectivity index (χ3v) is 4.44. The fraction of sp³-hybridized carbons (Fsp3) is 0.333. The Balaban J connectivity index is 2.59. The van der Waals surface area contributed by atoms with Crippen LogP contribution in [0.5, 0.6) is 0 Å². The highest BCUT2D eigenvalue weighted by atomic mass is 32.2. The van der Waals surface area contributed by atoms with Gasteiger partial charge in [-0.15, -0.1) is 11.8 Å². The van der Waals surface area contributed by atoms with Crippen molar-refractivity contribution >= 4 is 11.8 Å². The first-order chi connectivity index (χ1) is 10.1. The van der Waals surface area contributed by atoms with E-state index < -0.39 is 0 Å². The van der Waals surface area contributed by atoms with Crippen LogP contribution in [0.1, 0.15) is 35.2 Å². The summed E-state index contributed by atoms with van der Waals surface area (Å²) < 4.78 is 14.6. The molecule has 0 radical (unpaired) electrons. The first-order valence-corrected chi connectivity index (χ1v) is 8.43. The second-order valence-electron chi connectivity index (χ2n) is 5.21. The number of nitrogens with one attached hydrogen (secondary N) is 1. The van der Waals surface area contributed by atoms with E-state index in [1.54, 1.807) is 17.8 Å². The van der Waals surface area contributed by atoms with Crippen LogP contribution in [0, 0.1) is 19.7 Å². The maximum absolute atomic E-state index is 14.6. The van der Waals surface area contributed by atoms with Crippen LogP contribution in [0.4, 0.5) is 4.39 Å². The Morgan fingerprint density at radius 3 is 2.52 bits per heavy atom. The third kappa shape index (κ3) is 3.47. The van der Waals surface area contributed by atoms with Crippen molar-refractivity contribution in [2.24, 2.45) is 0 Å². The van der Waals surface area contributed by atoms with Crippen LogP contribution in [0.2, 0.25) is 0 Å². The molecule has 112 valence electrons. The minimum atomic E-state index is -0.130. The smallest absolute Gasteiger partial charge is 0.128 e. The lowest BCUT2D eigenvalue weighted by atomic mass is 9.93. The molecule has 0 amide bonds. The van der Waals surface area contributed by atoms with Crippen LogP contribution in [0.3, 0.4) is 0 Å². The van der Waals surface area contributed by atoms with Gasteiger partial charge in [0.05, 0.1) is 6.04 Å². The highest BCUT2D eigenvalue weighted by molar-refractivity contribution is 7.98. The molecule has 0 aliphatic carbocycles. The quantitative estimate of drug-likeness (QED) is 0.791. The SMILES string of the molecule is CCNC(c1ccccc1SC)c1c(C)cc(C)cc1F. The number of thioether (sulfide) groups is 1. The molecular formula is C18H22FNS. The van der Waals surface area contributed by atoms with Crippen molar-refractivity contribution in [2.45, 2.75) is 31.7 Å². The van der Waals surface area contributed by atoms with Gasteiger partial charge in [-0.2, -0.15) is 0 Å². The van der Waals surface area contributed by atoms with Crippen LogP contribution in [0.15, 0.2) is 41.3 Å². The van der Waals surface area contributed by atoms with Gasteiger partial charge in [0.2, 0.25) is 0 Å². The zero-order valence-electron chi connectivity index (χ0n) is 13.0. The second-order valence-corrected chi connectivity index (χ2v) is 6.06. The van der Waals surface area contributed by atoms with E-state index in [0.717, 1.165) is 28.8 Å². The molecule has 2 aromatic rings. The molecule has 1 N–H and O–H groups in total. The van der Waals surface area contributed by atoms with Gasteiger partial charge in [0.1, 0.15) is 5.82 Å². The molecule has 0 aliphatic rings. The molecule has 0 saturated heterocycles. The predicted octanol–water partition coefficient (Wildman–Crippen LogP) is 4.86. The summed E-state index contributed by atoms with van der Waals surface area (Å²) in [5.41, 5.74) is 3.85. The van der Waals surface area contributed by atoms with Crippen LogP contribution < -0.4 is 5.32 Å². The summed E-state index contributed by atoms with van der Waals surface area (Å²) in [5.74, 6) is -0.130. The van der Waals surface area contributed by atoms with Crippen molar-refractivity contribution < 1.29 is 4.39 Å². The molecule has 3 heteroatoms. The van der Waals surface area contributed by atoms with E-state index in [0.29, 0.717) is 0 Å². The summed E-state index contributed by atoms with van der Waals surface area (Å²) >= 11 is 1.70. The summed E-state index contributed by atoms with van der Waals surface area (Å²) in [6.07, 6.45) is 2.06. The van der Waals surface area contributed by atoms with Crippen molar-refractivity contribution in [3.8, 4) is 0 Å². The normalized spacial score (nSPS) is 12.4. The Hall–Kier alpha value is -1.32. The second kappa shape index (κ2) is 7.10. The highest BCUT2D eigenvalue weighted by Gasteiger charge is 2.21.